The lowest BCUT2D eigenvalue weighted by Gasteiger charge is -2.22. The summed E-state index contributed by atoms with van der Waals surface area (Å²) in [4.78, 5) is 14.0. The van der Waals surface area contributed by atoms with Gasteiger partial charge in [-0.15, -0.1) is 0 Å². The van der Waals surface area contributed by atoms with Gasteiger partial charge in [-0.3, -0.25) is 4.90 Å². The van der Waals surface area contributed by atoms with Crippen LogP contribution in [-0.4, -0.2) is 41.0 Å². The van der Waals surface area contributed by atoms with Gasteiger partial charge in [0.1, 0.15) is 12.1 Å². The first-order chi connectivity index (χ1) is 11.7. The molecule has 0 bridgehead atoms. The lowest BCUT2D eigenvalue weighted by Crippen LogP contribution is -2.29. The Morgan fingerprint density at radius 2 is 1.71 bits per heavy atom. The topological polar surface area (TPSA) is 32.3 Å². The van der Waals surface area contributed by atoms with E-state index in [1.807, 2.05) is 0 Å². The second-order valence-corrected chi connectivity index (χ2v) is 7.56. The number of benzene rings is 1. The van der Waals surface area contributed by atoms with Crippen LogP contribution in [0.4, 0.5) is 5.82 Å². The molecule has 0 saturated carbocycles. The van der Waals surface area contributed by atoms with E-state index in [-0.39, 0.29) is 0 Å². The molecule has 1 aromatic heterocycles. The molecule has 0 aliphatic carbocycles. The quantitative estimate of drug-likeness (QED) is 0.865. The maximum absolute atomic E-state index is 4.52. The van der Waals surface area contributed by atoms with Gasteiger partial charge in [-0.25, -0.2) is 9.97 Å². The highest BCUT2D eigenvalue weighted by Gasteiger charge is 2.40. The van der Waals surface area contributed by atoms with E-state index < -0.39 is 0 Å². The highest BCUT2D eigenvalue weighted by Crippen LogP contribution is 2.34. The lowest BCUT2D eigenvalue weighted by molar-refractivity contribution is 0.309. The Morgan fingerprint density at radius 3 is 2.38 bits per heavy atom. The van der Waals surface area contributed by atoms with E-state index in [0.717, 1.165) is 43.0 Å². The van der Waals surface area contributed by atoms with Gasteiger partial charge in [0, 0.05) is 44.5 Å². The van der Waals surface area contributed by atoms with Gasteiger partial charge in [-0.05, 0) is 23.3 Å². The predicted molar refractivity (Wildman–Crippen MR) is 97.0 cm³/mol. The van der Waals surface area contributed by atoms with E-state index in [4.69, 9.17) is 0 Å². The van der Waals surface area contributed by atoms with Crippen molar-refractivity contribution in [3.63, 3.8) is 0 Å². The number of rotatable bonds is 4. The Balaban J connectivity index is 1.38. The predicted octanol–water partition coefficient (Wildman–Crippen LogP) is 3.17. The van der Waals surface area contributed by atoms with Crippen LogP contribution in [0.5, 0.6) is 0 Å². The second-order valence-electron chi connectivity index (χ2n) is 7.56. The number of fused-ring (bicyclic) bond motifs is 1. The van der Waals surface area contributed by atoms with Crippen molar-refractivity contribution in [2.24, 2.45) is 11.8 Å². The van der Waals surface area contributed by atoms with Crippen molar-refractivity contribution in [3.05, 3.63) is 54.0 Å². The molecule has 0 radical (unpaired) electrons. The highest BCUT2D eigenvalue weighted by atomic mass is 15.3. The summed E-state index contributed by atoms with van der Waals surface area (Å²) >= 11 is 0. The molecular formula is C20H26N4. The molecular weight excluding hydrogens is 296 g/mol. The van der Waals surface area contributed by atoms with Crippen molar-refractivity contribution in [2.45, 2.75) is 26.3 Å². The van der Waals surface area contributed by atoms with Crippen LogP contribution in [0.3, 0.4) is 0 Å². The number of anilines is 1. The van der Waals surface area contributed by atoms with E-state index in [0.29, 0.717) is 5.92 Å². The SMILES string of the molecule is CC(C)c1cc(N2CC3CN(Cc4ccccc4)CC3C2)ncn1. The third kappa shape index (κ3) is 3.16. The van der Waals surface area contributed by atoms with Crippen molar-refractivity contribution in [3.8, 4) is 0 Å². The van der Waals surface area contributed by atoms with Gasteiger partial charge < -0.3 is 4.90 Å². The summed E-state index contributed by atoms with van der Waals surface area (Å²) in [5.74, 6) is 3.10. The highest BCUT2D eigenvalue weighted by molar-refractivity contribution is 5.41. The molecule has 2 aliphatic heterocycles. The standard InChI is InChI=1S/C20H26N4/c1-15(2)19-8-20(22-14-21-19)24-12-17-10-23(11-18(17)13-24)9-16-6-4-3-5-7-16/h3-8,14-15,17-18H,9-13H2,1-2H3. The second kappa shape index (κ2) is 6.52. The van der Waals surface area contributed by atoms with Crippen LogP contribution in [-0.2, 0) is 6.54 Å². The molecule has 1 aromatic carbocycles. The molecule has 4 rings (SSSR count). The molecule has 2 aromatic rings. The molecule has 126 valence electrons. The Labute approximate surface area is 144 Å². The molecule has 3 heterocycles. The van der Waals surface area contributed by atoms with Gasteiger partial charge in [-0.1, -0.05) is 44.2 Å². The Bertz CT molecular complexity index is 671. The summed E-state index contributed by atoms with van der Waals surface area (Å²) in [6.45, 7) is 10.1. The minimum Gasteiger partial charge on any atom is -0.356 e. The number of hydrogen-bond donors (Lipinski definition) is 0. The fraction of sp³-hybridized carbons (Fsp3) is 0.500. The first-order valence-corrected chi connectivity index (χ1v) is 9.02. The number of nitrogens with zero attached hydrogens (tertiary/aromatic N) is 4. The number of likely N-dealkylation sites (tertiary alicyclic amines) is 1. The monoisotopic (exact) mass is 322 g/mol. The molecule has 2 atom stereocenters. The minimum atomic E-state index is 0.454. The maximum atomic E-state index is 4.52. The largest absolute Gasteiger partial charge is 0.356 e. The average molecular weight is 322 g/mol. The Morgan fingerprint density at radius 1 is 1.00 bits per heavy atom. The van der Waals surface area contributed by atoms with Crippen molar-refractivity contribution in [1.29, 1.82) is 0 Å². The molecule has 0 N–H and O–H groups in total. The normalized spacial score (nSPS) is 23.9. The van der Waals surface area contributed by atoms with Crippen LogP contribution in [0.2, 0.25) is 0 Å². The Kier molecular flexibility index (Phi) is 4.23. The van der Waals surface area contributed by atoms with Crippen molar-refractivity contribution < 1.29 is 0 Å². The summed E-state index contributed by atoms with van der Waals surface area (Å²) in [6, 6.07) is 13.0. The van der Waals surface area contributed by atoms with Gasteiger partial charge in [0.2, 0.25) is 0 Å². The summed E-state index contributed by atoms with van der Waals surface area (Å²) in [5, 5.41) is 0. The number of hydrogen-bond acceptors (Lipinski definition) is 4. The van der Waals surface area contributed by atoms with E-state index in [2.05, 4.69) is 70.0 Å². The smallest absolute Gasteiger partial charge is 0.132 e. The summed E-state index contributed by atoms with van der Waals surface area (Å²) < 4.78 is 0. The van der Waals surface area contributed by atoms with E-state index in [1.165, 1.54) is 18.7 Å². The van der Waals surface area contributed by atoms with E-state index in [9.17, 15) is 0 Å². The zero-order valence-corrected chi connectivity index (χ0v) is 14.6. The zero-order chi connectivity index (χ0) is 16.5. The van der Waals surface area contributed by atoms with Crippen LogP contribution in [0.25, 0.3) is 0 Å². The Hall–Kier alpha value is -1.94. The molecule has 2 aliphatic rings. The van der Waals surface area contributed by atoms with Gasteiger partial charge in [0.15, 0.2) is 0 Å². The van der Waals surface area contributed by atoms with Gasteiger partial charge in [-0.2, -0.15) is 0 Å². The third-order valence-electron chi connectivity index (χ3n) is 5.40. The minimum absolute atomic E-state index is 0.454. The molecule has 4 nitrogen and oxygen atoms in total. The molecule has 2 unspecified atom stereocenters. The fourth-order valence-electron chi connectivity index (χ4n) is 4.10. The summed E-state index contributed by atoms with van der Waals surface area (Å²) in [6.07, 6.45) is 1.72. The first-order valence-electron chi connectivity index (χ1n) is 9.02. The molecule has 2 saturated heterocycles. The van der Waals surface area contributed by atoms with Crippen LogP contribution in [0.15, 0.2) is 42.7 Å². The van der Waals surface area contributed by atoms with Crippen molar-refractivity contribution >= 4 is 5.82 Å². The molecule has 2 fully saturated rings. The van der Waals surface area contributed by atoms with Crippen LogP contribution in [0.1, 0.15) is 31.0 Å². The maximum Gasteiger partial charge on any atom is 0.132 e. The molecule has 0 spiro atoms. The average Bonchev–Trinajstić information content (AvgIpc) is 3.14. The summed E-state index contributed by atoms with van der Waals surface area (Å²) in [7, 11) is 0. The first kappa shape index (κ1) is 15.6. The van der Waals surface area contributed by atoms with Crippen molar-refractivity contribution in [2.75, 3.05) is 31.1 Å². The van der Waals surface area contributed by atoms with E-state index in [1.54, 1.807) is 6.33 Å². The van der Waals surface area contributed by atoms with Crippen LogP contribution < -0.4 is 4.90 Å². The van der Waals surface area contributed by atoms with Crippen LogP contribution in [0, 0.1) is 11.8 Å². The van der Waals surface area contributed by atoms with Gasteiger partial charge in [0.25, 0.3) is 0 Å². The van der Waals surface area contributed by atoms with Crippen LogP contribution >= 0.6 is 0 Å². The zero-order valence-electron chi connectivity index (χ0n) is 14.6. The molecule has 4 heteroatoms. The van der Waals surface area contributed by atoms with Gasteiger partial charge in [0.05, 0.1) is 0 Å². The molecule has 0 amide bonds. The fourth-order valence-corrected chi connectivity index (χ4v) is 4.10. The summed E-state index contributed by atoms with van der Waals surface area (Å²) in [5.41, 5.74) is 2.56. The van der Waals surface area contributed by atoms with E-state index >= 15 is 0 Å². The third-order valence-corrected chi connectivity index (χ3v) is 5.40. The van der Waals surface area contributed by atoms with Crippen molar-refractivity contribution in [1.82, 2.24) is 14.9 Å². The van der Waals surface area contributed by atoms with Gasteiger partial charge >= 0.3 is 0 Å². The number of aromatic nitrogens is 2. The molecule has 24 heavy (non-hydrogen) atoms. The lowest BCUT2D eigenvalue weighted by atomic mass is 10.0.